The summed E-state index contributed by atoms with van der Waals surface area (Å²) in [5, 5.41) is 13.1. The van der Waals surface area contributed by atoms with E-state index >= 15 is 0 Å². The first-order valence-corrected chi connectivity index (χ1v) is 12.1. The van der Waals surface area contributed by atoms with E-state index in [2.05, 4.69) is 15.3 Å². The van der Waals surface area contributed by atoms with Crippen molar-refractivity contribution in [2.75, 3.05) is 65.3 Å². The average molecular weight is 542 g/mol. The molecule has 196 valence electrons. The fourth-order valence-corrected chi connectivity index (χ4v) is 3.75. The zero-order valence-corrected chi connectivity index (χ0v) is 21.4. The second-order valence-electron chi connectivity index (χ2n) is 7.43. The van der Waals surface area contributed by atoms with Gasteiger partial charge in [0.2, 0.25) is 0 Å². The molecule has 0 aliphatic rings. The van der Waals surface area contributed by atoms with E-state index in [1.807, 2.05) is 0 Å². The third-order valence-electron chi connectivity index (χ3n) is 4.93. The van der Waals surface area contributed by atoms with E-state index in [9.17, 15) is 4.79 Å². The van der Waals surface area contributed by atoms with Gasteiger partial charge in [-0.25, -0.2) is 0 Å². The van der Waals surface area contributed by atoms with Gasteiger partial charge in [0.15, 0.2) is 11.5 Å². The molecule has 12 heteroatoms. The molecule has 0 aliphatic heterocycles. The monoisotopic (exact) mass is 541 g/mol. The average Bonchev–Trinajstić information content (AvgIpc) is 2.86. The summed E-state index contributed by atoms with van der Waals surface area (Å²) in [6.45, 7) is 2.89. The highest BCUT2D eigenvalue weighted by atomic mass is 35.5. The number of benzene rings is 1. The number of aliphatic hydroxyl groups excluding tert-OH is 1. The lowest BCUT2D eigenvalue weighted by Gasteiger charge is -2.16. The number of aromatic nitrogens is 2. The van der Waals surface area contributed by atoms with Crippen LogP contribution in [0, 0.1) is 0 Å². The maximum absolute atomic E-state index is 12.5. The van der Waals surface area contributed by atoms with Gasteiger partial charge in [0, 0.05) is 36.9 Å². The van der Waals surface area contributed by atoms with Crippen LogP contribution >= 0.6 is 23.2 Å². The Bertz CT molecular complexity index is 1160. The van der Waals surface area contributed by atoms with Crippen molar-refractivity contribution in [3.8, 4) is 11.5 Å². The van der Waals surface area contributed by atoms with Crippen LogP contribution in [0.1, 0.15) is 6.42 Å². The van der Waals surface area contributed by atoms with Crippen LogP contribution in [0.4, 0.5) is 11.4 Å². The van der Waals surface area contributed by atoms with Gasteiger partial charge in [-0.15, -0.1) is 0 Å². The molecule has 0 bridgehead atoms. The van der Waals surface area contributed by atoms with Crippen LogP contribution in [0.2, 0.25) is 10.0 Å². The number of ether oxygens (including phenoxy) is 5. The number of rotatable bonds is 16. The summed E-state index contributed by atoms with van der Waals surface area (Å²) >= 11 is 12.5. The van der Waals surface area contributed by atoms with Crippen molar-refractivity contribution in [2.24, 2.45) is 0 Å². The Morgan fingerprint density at radius 1 is 0.972 bits per heavy atom. The smallest absolute Gasteiger partial charge is 0.250 e. The minimum Gasteiger partial charge on any atom is -0.493 e. The lowest BCUT2D eigenvalue weighted by Crippen LogP contribution is -2.12. The number of halogens is 2. The van der Waals surface area contributed by atoms with Crippen molar-refractivity contribution in [1.82, 2.24) is 9.97 Å². The highest BCUT2D eigenvalue weighted by Gasteiger charge is 2.16. The Balaban J connectivity index is 1.61. The molecule has 1 aromatic carbocycles. The maximum Gasteiger partial charge on any atom is 0.250 e. The van der Waals surface area contributed by atoms with Gasteiger partial charge in [0.05, 0.1) is 80.3 Å². The summed E-state index contributed by atoms with van der Waals surface area (Å²) in [7, 11) is 1.53. The van der Waals surface area contributed by atoms with Crippen LogP contribution < -0.4 is 20.3 Å². The number of nitrogens with zero attached hydrogens (tertiary/aromatic N) is 1. The molecule has 0 atom stereocenters. The van der Waals surface area contributed by atoms with Gasteiger partial charge in [0.1, 0.15) is 0 Å². The first kappa shape index (κ1) is 28.0. The van der Waals surface area contributed by atoms with Crippen molar-refractivity contribution in [1.29, 1.82) is 0 Å². The zero-order valence-electron chi connectivity index (χ0n) is 19.9. The molecule has 0 saturated heterocycles. The lowest BCUT2D eigenvalue weighted by atomic mass is 10.1. The third kappa shape index (κ3) is 7.95. The number of aliphatic hydroxyl groups is 1. The van der Waals surface area contributed by atoms with Gasteiger partial charge in [-0.3, -0.25) is 9.78 Å². The van der Waals surface area contributed by atoms with E-state index in [-0.39, 0.29) is 12.2 Å². The number of nitrogens with one attached hydrogen (secondary N) is 2. The van der Waals surface area contributed by atoms with Crippen LogP contribution in [0.15, 0.2) is 35.4 Å². The summed E-state index contributed by atoms with van der Waals surface area (Å²) in [6, 6.07) is 4.98. The molecule has 2 heterocycles. The molecule has 36 heavy (non-hydrogen) atoms. The number of pyridine rings is 2. The van der Waals surface area contributed by atoms with Crippen LogP contribution in [-0.2, 0) is 14.2 Å². The molecular formula is C24H29Cl2N3O7. The van der Waals surface area contributed by atoms with Crippen molar-refractivity contribution >= 4 is 45.5 Å². The van der Waals surface area contributed by atoms with Crippen LogP contribution in [-0.4, -0.2) is 75.0 Å². The van der Waals surface area contributed by atoms with Gasteiger partial charge in [0.25, 0.3) is 5.56 Å². The van der Waals surface area contributed by atoms with Crippen LogP contribution in [0.5, 0.6) is 11.5 Å². The first-order chi connectivity index (χ1) is 17.5. The summed E-state index contributed by atoms with van der Waals surface area (Å²) in [5.41, 5.74) is 1.08. The number of methoxy groups -OCH3 is 1. The quantitative estimate of drug-likeness (QED) is 0.232. The van der Waals surface area contributed by atoms with E-state index in [1.165, 1.54) is 25.6 Å². The highest BCUT2D eigenvalue weighted by Crippen LogP contribution is 2.39. The number of aromatic amines is 1. The maximum atomic E-state index is 12.5. The fourth-order valence-electron chi connectivity index (χ4n) is 3.29. The topological polar surface area (TPSA) is 124 Å². The molecular weight excluding hydrogens is 513 g/mol. The van der Waals surface area contributed by atoms with E-state index in [0.717, 1.165) is 0 Å². The Morgan fingerprint density at radius 3 is 2.31 bits per heavy atom. The molecule has 0 unspecified atom stereocenters. The van der Waals surface area contributed by atoms with Crippen molar-refractivity contribution in [3.63, 3.8) is 0 Å². The Labute approximate surface area is 218 Å². The molecule has 0 saturated carbocycles. The van der Waals surface area contributed by atoms with E-state index < -0.39 is 0 Å². The third-order valence-corrected chi connectivity index (χ3v) is 5.50. The molecule has 0 aliphatic carbocycles. The predicted molar refractivity (Wildman–Crippen MR) is 138 cm³/mol. The van der Waals surface area contributed by atoms with Crippen molar-refractivity contribution in [2.45, 2.75) is 6.42 Å². The normalized spacial score (nSPS) is 11.1. The minimum atomic E-state index is -0.338. The van der Waals surface area contributed by atoms with E-state index in [0.29, 0.717) is 96.5 Å². The minimum absolute atomic E-state index is 0.000680. The number of hydrogen-bond acceptors (Lipinski definition) is 9. The Hall–Kier alpha value is -2.60. The second kappa shape index (κ2) is 14.8. The van der Waals surface area contributed by atoms with E-state index in [4.69, 9.17) is 52.0 Å². The highest BCUT2D eigenvalue weighted by molar-refractivity contribution is 6.39. The zero-order chi connectivity index (χ0) is 25.8. The molecule has 0 amide bonds. The first-order valence-electron chi connectivity index (χ1n) is 11.3. The molecule has 0 fully saturated rings. The molecule has 10 nitrogen and oxygen atoms in total. The molecule has 3 aromatic rings. The van der Waals surface area contributed by atoms with Gasteiger partial charge in [-0.1, -0.05) is 23.2 Å². The second-order valence-corrected chi connectivity index (χ2v) is 8.25. The summed E-state index contributed by atoms with van der Waals surface area (Å²) in [5.74, 6) is 0.891. The summed E-state index contributed by atoms with van der Waals surface area (Å²) in [4.78, 5) is 19.2. The van der Waals surface area contributed by atoms with Crippen molar-refractivity contribution in [3.05, 3.63) is 51.0 Å². The summed E-state index contributed by atoms with van der Waals surface area (Å²) in [6.07, 6.45) is 3.54. The number of fused-ring (bicyclic) bond motifs is 1. The lowest BCUT2D eigenvalue weighted by molar-refractivity contribution is 0.00631. The van der Waals surface area contributed by atoms with E-state index in [1.54, 1.807) is 12.1 Å². The summed E-state index contributed by atoms with van der Waals surface area (Å²) < 4.78 is 27.5. The van der Waals surface area contributed by atoms with Crippen LogP contribution in [0.25, 0.3) is 10.9 Å². The molecule has 0 spiro atoms. The molecule has 2 aromatic heterocycles. The fraction of sp³-hybridized carbons (Fsp3) is 0.417. The largest absolute Gasteiger partial charge is 0.493 e. The SMILES string of the molecule is COc1ccc2c(Nc3c(Cl)cncc3Cl)cc(=O)[nH]c2c1OCCCOCCOCCOCCO. The Morgan fingerprint density at radius 2 is 1.64 bits per heavy atom. The van der Waals surface area contributed by atoms with Gasteiger partial charge >= 0.3 is 0 Å². The van der Waals surface area contributed by atoms with Crippen molar-refractivity contribution < 1.29 is 28.8 Å². The van der Waals surface area contributed by atoms with Gasteiger partial charge in [-0.05, 0) is 12.1 Å². The molecule has 3 rings (SSSR count). The number of hydrogen-bond donors (Lipinski definition) is 3. The van der Waals surface area contributed by atoms with Gasteiger partial charge in [-0.2, -0.15) is 0 Å². The van der Waals surface area contributed by atoms with Crippen LogP contribution in [0.3, 0.4) is 0 Å². The molecule has 3 N–H and O–H groups in total. The van der Waals surface area contributed by atoms with Gasteiger partial charge < -0.3 is 39.1 Å². The molecule has 0 radical (unpaired) electrons. The number of H-pyrrole nitrogens is 1. The predicted octanol–water partition coefficient (Wildman–Crippen LogP) is 3.79. The Kier molecular flexibility index (Phi) is 11.5. The standard InChI is InChI=1S/C24H29Cl2N3O7/c1-32-20-4-3-16-19(28-23-17(25)14-27-15-18(23)26)13-21(31)29-22(16)24(20)36-7-2-6-33-9-11-35-12-10-34-8-5-30/h3-4,13-15,30H,2,5-12H2,1H3,(H2,27,28,29,31). The number of anilines is 2.